The van der Waals surface area contributed by atoms with Crippen LogP contribution in [-0.4, -0.2) is 34.0 Å². The maximum absolute atomic E-state index is 12.7. The second-order valence-corrected chi connectivity index (χ2v) is 6.31. The summed E-state index contributed by atoms with van der Waals surface area (Å²) in [6, 6.07) is 5.48. The van der Waals surface area contributed by atoms with Gasteiger partial charge in [0.25, 0.3) is 5.91 Å². The van der Waals surface area contributed by atoms with Crippen LogP contribution in [0.25, 0.3) is 0 Å². The van der Waals surface area contributed by atoms with Gasteiger partial charge in [0.1, 0.15) is 10.8 Å². The average molecular weight is 331 g/mol. The molecule has 0 fully saturated rings. The van der Waals surface area contributed by atoms with E-state index in [1.54, 1.807) is 17.2 Å². The van der Waals surface area contributed by atoms with Crippen LogP contribution in [-0.2, 0) is 5.75 Å². The summed E-state index contributed by atoms with van der Waals surface area (Å²) in [6.45, 7) is 10.8. The Morgan fingerprint density at radius 3 is 2.87 bits per heavy atom. The zero-order chi connectivity index (χ0) is 16.8. The summed E-state index contributed by atoms with van der Waals surface area (Å²) >= 11 is 1.49. The molecule has 2 aromatic rings. The van der Waals surface area contributed by atoms with E-state index in [-0.39, 0.29) is 5.91 Å². The largest absolute Gasteiger partial charge is 0.361 e. The molecule has 1 amide bonds. The van der Waals surface area contributed by atoms with Crippen LogP contribution in [0.5, 0.6) is 0 Å². The summed E-state index contributed by atoms with van der Waals surface area (Å²) in [5.74, 6) is 1.36. The Balaban J connectivity index is 2.15. The molecule has 2 rings (SSSR count). The van der Waals surface area contributed by atoms with Crippen LogP contribution >= 0.6 is 11.8 Å². The fraction of sp³-hybridized carbons (Fsp3) is 0.353. The number of hydrogen-bond acceptors (Lipinski definition) is 5. The summed E-state index contributed by atoms with van der Waals surface area (Å²) in [5.41, 5.74) is 2.41. The van der Waals surface area contributed by atoms with Crippen LogP contribution < -0.4 is 0 Å². The van der Waals surface area contributed by atoms with Crippen LogP contribution in [0.1, 0.15) is 35.7 Å². The van der Waals surface area contributed by atoms with Crippen molar-refractivity contribution in [3.63, 3.8) is 0 Å². The van der Waals surface area contributed by atoms with E-state index < -0.39 is 0 Å². The van der Waals surface area contributed by atoms with E-state index in [0.29, 0.717) is 29.4 Å². The number of pyridine rings is 1. The van der Waals surface area contributed by atoms with Gasteiger partial charge in [-0.15, -0.1) is 0 Å². The van der Waals surface area contributed by atoms with E-state index in [1.807, 2.05) is 32.9 Å². The Morgan fingerprint density at radius 1 is 1.48 bits per heavy atom. The molecule has 0 radical (unpaired) electrons. The van der Waals surface area contributed by atoms with Crippen LogP contribution in [0.15, 0.2) is 46.1 Å². The number of aromatic nitrogens is 2. The molecular weight excluding hydrogens is 310 g/mol. The van der Waals surface area contributed by atoms with Crippen molar-refractivity contribution in [1.82, 2.24) is 15.0 Å². The molecule has 0 unspecified atom stereocenters. The number of amides is 1. The fourth-order valence-corrected chi connectivity index (χ4v) is 2.99. The van der Waals surface area contributed by atoms with Crippen LogP contribution in [0, 0.1) is 6.92 Å². The highest BCUT2D eigenvalue weighted by molar-refractivity contribution is 7.98. The number of aryl methyl sites for hydroxylation is 1. The number of carbonyl (C=O) groups is 1. The first-order valence-corrected chi connectivity index (χ1v) is 8.43. The van der Waals surface area contributed by atoms with Gasteiger partial charge in [0.2, 0.25) is 0 Å². The van der Waals surface area contributed by atoms with Gasteiger partial charge in [-0.2, -0.15) is 0 Å². The predicted octanol–water partition coefficient (Wildman–Crippen LogP) is 3.71. The van der Waals surface area contributed by atoms with Crippen LogP contribution in [0.2, 0.25) is 0 Å². The van der Waals surface area contributed by atoms with E-state index in [1.165, 1.54) is 11.8 Å². The molecule has 0 N–H and O–H groups in total. The highest BCUT2D eigenvalue weighted by Gasteiger charge is 2.19. The summed E-state index contributed by atoms with van der Waals surface area (Å²) in [7, 11) is 0. The average Bonchev–Trinajstić information content (AvgIpc) is 2.95. The third-order valence-corrected chi connectivity index (χ3v) is 4.20. The number of hydrogen-bond donors (Lipinski definition) is 0. The molecule has 5 nitrogen and oxygen atoms in total. The monoisotopic (exact) mass is 331 g/mol. The van der Waals surface area contributed by atoms with E-state index in [0.717, 1.165) is 17.0 Å². The molecule has 2 aromatic heterocycles. The number of thioether (sulfide) groups is 1. The minimum Gasteiger partial charge on any atom is -0.361 e. The Kier molecular flexibility index (Phi) is 5.98. The molecule has 6 heteroatoms. The minimum atomic E-state index is -0.0255. The molecule has 0 saturated heterocycles. The molecule has 23 heavy (non-hydrogen) atoms. The first-order valence-electron chi connectivity index (χ1n) is 7.45. The number of nitrogens with zero attached hydrogens (tertiary/aromatic N) is 3. The van der Waals surface area contributed by atoms with Crippen molar-refractivity contribution < 1.29 is 9.32 Å². The number of rotatable bonds is 7. The van der Waals surface area contributed by atoms with Gasteiger partial charge in [0.05, 0.1) is 11.3 Å². The van der Waals surface area contributed by atoms with E-state index >= 15 is 0 Å². The molecule has 0 aliphatic heterocycles. The quantitative estimate of drug-likeness (QED) is 0.572. The smallest absolute Gasteiger partial charge is 0.256 e. The standard InChI is InChI=1S/C17H21N3O2S/c1-5-20(10-12(2)3)17(21)15-7-6-8-18-16(15)23-11-14-9-13(4)22-19-14/h6-9H,2,5,10-11H2,1,3-4H3. The normalized spacial score (nSPS) is 10.6. The second-order valence-electron chi connectivity index (χ2n) is 5.35. The SMILES string of the molecule is C=C(C)CN(CC)C(=O)c1cccnc1SCc1cc(C)on1. The molecule has 122 valence electrons. The van der Waals surface area contributed by atoms with Gasteiger partial charge in [-0.25, -0.2) is 4.98 Å². The molecule has 0 aromatic carbocycles. The van der Waals surface area contributed by atoms with Crippen molar-refractivity contribution >= 4 is 17.7 Å². The molecule has 0 atom stereocenters. The molecule has 0 aliphatic rings. The van der Waals surface area contributed by atoms with Crippen LogP contribution in [0.4, 0.5) is 0 Å². The zero-order valence-electron chi connectivity index (χ0n) is 13.7. The lowest BCUT2D eigenvalue weighted by atomic mass is 10.2. The number of likely N-dealkylation sites (N-methyl/N-ethyl adjacent to an activating group) is 1. The maximum atomic E-state index is 12.7. The van der Waals surface area contributed by atoms with Gasteiger partial charge >= 0.3 is 0 Å². The van der Waals surface area contributed by atoms with Crippen LogP contribution in [0.3, 0.4) is 0 Å². The van der Waals surface area contributed by atoms with Gasteiger partial charge in [-0.3, -0.25) is 4.79 Å². The van der Waals surface area contributed by atoms with E-state index in [9.17, 15) is 4.79 Å². The van der Waals surface area contributed by atoms with Crippen molar-refractivity contribution in [2.75, 3.05) is 13.1 Å². The summed E-state index contributed by atoms with van der Waals surface area (Å²) in [4.78, 5) is 18.9. The lowest BCUT2D eigenvalue weighted by Crippen LogP contribution is -2.32. The van der Waals surface area contributed by atoms with Gasteiger partial charge in [0, 0.05) is 31.1 Å². The van der Waals surface area contributed by atoms with Crippen molar-refractivity contribution in [3.05, 3.63) is 53.6 Å². The maximum Gasteiger partial charge on any atom is 0.256 e. The highest BCUT2D eigenvalue weighted by Crippen LogP contribution is 2.25. The fourth-order valence-electron chi connectivity index (χ4n) is 2.12. The van der Waals surface area contributed by atoms with Gasteiger partial charge < -0.3 is 9.42 Å². The Hall–Kier alpha value is -2.08. The molecule has 0 aliphatic carbocycles. The topological polar surface area (TPSA) is 59.2 Å². The van der Waals surface area contributed by atoms with Crippen molar-refractivity contribution in [1.29, 1.82) is 0 Å². The van der Waals surface area contributed by atoms with Crippen molar-refractivity contribution in [3.8, 4) is 0 Å². The summed E-state index contributed by atoms with van der Waals surface area (Å²) in [6.07, 6.45) is 1.70. The third-order valence-electron chi connectivity index (χ3n) is 3.16. The Morgan fingerprint density at radius 2 is 2.26 bits per heavy atom. The van der Waals surface area contributed by atoms with Crippen molar-refractivity contribution in [2.24, 2.45) is 0 Å². The number of carbonyl (C=O) groups excluding carboxylic acids is 1. The first kappa shape index (κ1) is 17.3. The Bertz CT molecular complexity index is 697. The predicted molar refractivity (Wildman–Crippen MR) is 91.4 cm³/mol. The van der Waals surface area contributed by atoms with Gasteiger partial charge in [-0.05, 0) is 32.9 Å². The van der Waals surface area contributed by atoms with E-state index in [2.05, 4.69) is 16.7 Å². The third kappa shape index (κ3) is 4.69. The lowest BCUT2D eigenvalue weighted by molar-refractivity contribution is 0.0774. The summed E-state index contributed by atoms with van der Waals surface area (Å²) < 4.78 is 5.06. The summed E-state index contributed by atoms with van der Waals surface area (Å²) in [5, 5.41) is 4.67. The Labute approximate surface area is 140 Å². The highest BCUT2D eigenvalue weighted by atomic mass is 32.2. The first-order chi connectivity index (χ1) is 11.0. The van der Waals surface area contributed by atoms with Gasteiger partial charge in [-0.1, -0.05) is 29.1 Å². The molecule has 0 spiro atoms. The molecule has 2 heterocycles. The second kappa shape index (κ2) is 7.97. The van der Waals surface area contributed by atoms with E-state index in [4.69, 9.17) is 4.52 Å². The lowest BCUT2D eigenvalue weighted by Gasteiger charge is -2.21. The molecular formula is C17H21N3O2S. The van der Waals surface area contributed by atoms with Gasteiger partial charge in [0.15, 0.2) is 0 Å². The molecule has 0 bridgehead atoms. The zero-order valence-corrected chi connectivity index (χ0v) is 14.5. The molecule has 0 saturated carbocycles. The minimum absolute atomic E-state index is 0.0255. The van der Waals surface area contributed by atoms with Crippen molar-refractivity contribution in [2.45, 2.75) is 31.6 Å².